The molecule has 1 aromatic heterocycles. The van der Waals surface area contributed by atoms with E-state index in [0.717, 1.165) is 37.1 Å². The lowest BCUT2D eigenvalue weighted by atomic mass is 9.98. The third-order valence-electron chi connectivity index (χ3n) is 5.29. The molecule has 1 aromatic carbocycles. The van der Waals surface area contributed by atoms with Gasteiger partial charge in [-0.1, -0.05) is 18.2 Å². The SMILES string of the molecule is C[C@](C#N)(NC(=O)COC(=O)c1cc(C2CC2)nn1-c1ccccc1)C1CC1. The summed E-state index contributed by atoms with van der Waals surface area (Å²) in [5.74, 6) is -0.534. The van der Waals surface area contributed by atoms with Gasteiger partial charge in [-0.3, -0.25) is 4.79 Å². The van der Waals surface area contributed by atoms with Gasteiger partial charge in [0.1, 0.15) is 5.54 Å². The monoisotopic (exact) mass is 378 g/mol. The molecule has 2 aromatic rings. The normalized spacial score (nSPS) is 18.0. The first-order chi connectivity index (χ1) is 13.5. The molecule has 4 rings (SSSR count). The third kappa shape index (κ3) is 3.77. The van der Waals surface area contributed by atoms with Crippen molar-refractivity contribution >= 4 is 11.9 Å². The second kappa shape index (κ2) is 7.12. The summed E-state index contributed by atoms with van der Waals surface area (Å²) in [5, 5.41) is 16.6. The number of amides is 1. The number of nitriles is 1. The van der Waals surface area contributed by atoms with Crippen molar-refractivity contribution in [2.24, 2.45) is 5.92 Å². The predicted octanol–water partition coefficient (Wildman–Crippen LogP) is 2.71. The lowest BCUT2D eigenvalue weighted by molar-refractivity contribution is -0.125. The summed E-state index contributed by atoms with van der Waals surface area (Å²) in [5.41, 5.74) is 1.02. The molecule has 144 valence electrons. The Morgan fingerprint density at radius 1 is 1.29 bits per heavy atom. The summed E-state index contributed by atoms with van der Waals surface area (Å²) in [6.07, 6.45) is 3.97. The lowest BCUT2D eigenvalue weighted by Crippen LogP contribution is -2.48. The van der Waals surface area contributed by atoms with Crippen molar-refractivity contribution < 1.29 is 14.3 Å². The van der Waals surface area contributed by atoms with Gasteiger partial charge in [-0.15, -0.1) is 0 Å². The first-order valence-electron chi connectivity index (χ1n) is 9.55. The molecule has 0 radical (unpaired) electrons. The Bertz CT molecular complexity index is 938. The van der Waals surface area contributed by atoms with E-state index in [1.807, 2.05) is 30.3 Å². The average molecular weight is 378 g/mol. The van der Waals surface area contributed by atoms with Crippen LogP contribution in [-0.4, -0.2) is 33.8 Å². The quantitative estimate of drug-likeness (QED) is 0.747. The third-order valence-corrected chi connectivity index (χ3v) is 5.29. The van der Waals surface area contributed by atoms with Crippen LogP contribution in [0.25, 0.3) is 5.69 Å². The Balaban J connectivity index is 1.46. The summed E-state index contributed by atoms with van der Waals surface area (Å²) in [7, 11) is 0. The van der Waals surface area contributed by atoms with Gasteiger partial charge in [-0.2, -0.15) is 10.4 Å². The zero-order valence-corrected chi connectivity index (χ0v) is 15.7. The number of aromatic nitrogens is 2. The maximum absolute atomic E-state index is 12.7. The number of ether oxygens (including phenoxy) is 1. The van der Waals surface area contributed by atoms with E-state index in [0.29, 0.717) is 11.6 Å². The maximum Gasteiger partial charge on any atom is 0.357 e. The molecule has 7 heteroatoms. The van der Waals surface area contributed by atoms with Crippen molar-refractivity contribution in [3.63, 3.8) is 0 Å². The van der Waals surface area contributed by atoms with Crippen LogP contribution in [0, 0.1) is 17.2 Å². The summed E-state index contributed by atoms with van der Waals surface area (Å²) >= 11 is 0. The molecule has 0 bridgehead atoms. The number of rotatable bonds is 7. The highest BCUT2D eigenvalue weighted by Crippen LogP contribution is 2.40. The zero-order chi connectivity index (χ0) is 19.7. The smallest absolute Gasteiger partial charge is 0.357 e. The largest absolute Gasteiger partial charge is 0.451 e. The van der Waals surface area contributed by atoms with E-state index in [9.17, 15) is 14.9 Å². The van der Waals surface area contributed by atoms with Crippen molar-refractivity contribution in [1.82, 2.24) is 15.1 Å². The number of carbonyl (C=O) groups excluding carboxylic acids is 2. The van der Waals surface area contributed by atoms with Gasteiger partial charge in [0.2, 0.25) is 0 Å². The zero-order valence-electron chi connectivity index (χ0n) is 15.7. The molecule has 1 amide bonds. The Kier molecular flexibility index (Phi) is 4.63. The molecule has 7 nitrogen and oxygen atoms in total. The maximum atomic E-state index is 12.7. The molecule has 0 saturated heterocycles. The molecule has 2 aliphatic carbocycles. The van der Waals surface area contributed by atoms with Gasteiger partial charge in [-0.05, 0) is 56.7 Å². The molecule has 28 heavy (non-hydrogen) atoms. The van der Waals surface area contributed by atoms with Gasteiger partial charge in [0, 0.05) is 5.92 Å². The molecule has 0 aliphatic heterocycles. The summed E-state index contributed by atoms with van der Waals surface area (Å²) in [6, 6.07) is 13.3. The molecular formula is C21H22N4O3. The molecule has 1 atom stereocenters. The second-order valence-corrected chi connectivity index (χ2v) is 7.69. The van der Waals surface area contributed by atoms with Crippen molar-refractivity contribution in [1.29, 1.82) is 5.26 Å². The average Bonchev–Trinajstić information content (AvgIpc) is 3.63. The molecule has 0 unspecified atom stereocenters. The van der Waals surface area contributed by atoms with E-state index in [1.165, 1.54) is 0 Å². The van der Waals surface area contributed by atoms with Crippen LogP contribution in [0.1, 0.15) is 54.7 Å². The van der Waals surface area contributed by atoms with E-state index in [-0.39, 0.29) is 5.92 Å². The molecule has 2 aliphatic rings. The first kappa shape index (κ1) is 18.2. The first-order valence-corrected chi connectivity index (χ1v) is 9.55. The predicted molar refractivity (Wildman–Crippen MR) is 101 cm³/mol. The van der Waals surface area contributed by atoms with Crippen molar-refractivity contribution in [3.05, 3.63) is 47.8 Å². The van der Waals surface area contributed by atoms with Crippen LogP contribution in [0.4, 0.5) is 0 Å². The van der Waals surface area contributed by atoms with Gasteiger partial charge >= 0.3 is 5.97 Å². The number of nitrogens with zero attached hydrogens (tertiary/aromatic N) is 3. The Labute approximate surface area is 163 Å². The number of para-hydroxylation sites is 1. The van der Waals surface area contributed by atoms with Crippen LogP contribution in [0.3, 0.4) is 0 Å². The van der Waals surface area contributed by atoms with Gasteiger partial charge in [0.05, 0.1) is 17.5 Å². The number of carbonyl (C=O) groups is 2. The van der Waals surface area contributed by atoms with Crippen molar-refractivity contribution in [2.75, 3.05) is 6.61 Å². The molecule has 0 spiro atoms. The molecule has 1 N–H and O–H groups in total. The fourth-order valence-corrected chi connectivity index (χ4v) is 3.30. The van der Waals surface area contributed by atoms with Gasteiger partial charge < -0.3 is 10.1 Å². The van der Waals surface area contributed by atoms with Crippen molar-refractivity contribution in [2.45, 2.75) is 44.1 Å². The number of hydrogen-bond acceptors (Lipinski definition) is 5. The van der Waals surface area contributed by atoms with E-state index < -0.39 is 24.0 Å². The standard InChI is InChI=1S/C21H22N4O3/c1-21(13-22,15-9-10-15)23-19(26)12-28-20(27)18-11-17(14-7-8-14)24-25(18)16-5-3-2-4-6-16/h2-6,11,14-15H,7-10,12H2,1H3,(H,23,26)/t21-/m1/s1. The Morgan fingerprint density at radius 2 is 2.00 bits per heavy atom. The van der Waals surface area contributed by atoms with Crippen molar-refractivity contribution in [3.8, 4) is 11.8 Å². The number of hydrogen-bond donors (Lipinski definition) is 1. The number of esters is 1. The highest BCUT2D eigenvalue weighted by Gasteiger charge is 2.43. The minimum absolute atomic E-state index is 0.165. The minimum atomic E-state index is -0.908. The van der Waals surface area contributed by atoms with Crippen LogP contribution in [-0.2, 0) is 9.53 Å². The fraction of sp³-hybridized carbons (Fsp3) is 0.429. The van der Waals surface area contributed by atoms with Crippen LogP contribution >= 0.6 is 0 Å². The van der Waals surface area contributed by atoms with Gasteiger partial charge in [-0.25, -0.2) is 9.48 Å². The fourth-order valence-electron chi connectivity index (χ4n) is 3.30. The molecular weight excluding hydrogens is 356 g/mol. The minimum Gasteiger partial charge on any atom is -0.451 e. The molecule has 2 fully saturated rings. The molecule has 1 heterocycles. The second-order valence-electron chi connectivity index (χ2n) is 7.69. The topological polar surface area (TPSA) is 97.0 Å². The van der Waals surface area contributed by atoms with Crippen LogP contribution in [0.15, 0.2) is 36.4 Å². The molecule has 2 saturated carbocycles. The Hall–Kier alpha value is -3.14. The summed E-state index contributed by atoms with van der Waals surface area (Å²) < 4.78 is 6.80. The van der Waals surface area contributed by atoms with Crippen LogP contribution < -0.4 is 5.32 Å². The van der Waals surface area contributed by atoms with Crippen LogP contribution in [0.2, 0.25) is 0 Å². The van der Waals surface area contributed by atoms with Gasteiger partial charge in [0.15, 0.2) is 12.3 Å². The van der Waals surface area contributed by atoms with E-state index in [2.05, 4.69) is 16.5 Å². The van der Waals surface area contributed by atoms with Gasteiger partial charge in [0.25, 0.3) is 5.91 Å². The van der Waals surface area contributed by atoms with E-state index in [1.54, 1.807) is 17.7 Å². The van der Waals surface area contributed by atoms with Crippen LogP contribution in [0.5, 0.6) is 0 Å². The summed E-state index contributed by atoms with van der Waals surface area (Å²) in [6.45, 7) is 1.28. The number of nitrogens with one attached hydrogen (secondary N) is 1. The Morgan fingerprint density at radius 3 is 2.61 bits per heavy atom. The van der Waals surface area contributed by atoms with E-state index in [4.69, 9.17) is 4.74 Å². The van der Waals surface area contributed by atoms with E-state index >= 15 is 0 Å². The highest BCUT2D eigenvalue weighted by atomic mass is 16.5. The highest BCUT2D eigenvalue weighted by molar-refractivity contribution is 5.90. The number of benzene rings is 1. The summed E-state index contributed by atoms with van der Waals surface area (Å²) in [4.78, 5) is 24.9. The lowest BCUT2D eigenvalue weighted by Gasteiger charge is -2.22.